The van der Waals surface area contributed by atoms with Crippen molar-refractivity contribution in [2.24, 2.45) is 0 Å². The monoisotopic (exact) mass is 391 g/mol. The van der Waals surface area contributed by atoms with Crippen LogP contribution in [0.3, 0.4) is 0 Å². The lowest BCUT2D eigenvalue weighted by Gasteiger charge is -2.21. The molecule has 0 atom stereocenters. The number of anilines is 3. The molecule has 7 nitrogen and oxygen atoms in total. The van der Waals surface area contributed by atoms with Gasteiger partial charge < -0.3 is 16.4 Å². The number of nitrogens with two attached hydrogens (primary N) is 2. The van der Waals surface area contributed by atoms with E-state index in [1.807, 2.05) is 38.1 Å². The highest BCUT2D eigenvalue weighted by Crippen LogP contribution is 2.23. The van der Waals surface area contributed by atoms with Crippen molar-refractivity contribution in [2.45, 2.75) is 27.2 Å². The fraction of sp³-hybridized carbons (Fsp3) is 0.316. The first-order valence-corrected chi connectivity index (χ1v) is 8.93. The predicted octanol–water partition coefficient (Wildman–Crippen LogP) is 4.87. The summed E-state index contributed by atoms with van der Waals surface area (Å²) in [6.07, 6.45) is 0.554. The first-order valence-electron chi connectivity index (χ1n) is 8.55. The lowest BCUT2D eigenvalue weighted by Crippen LogP contribution is -2.23. The highest BCUT2D eigenvalue weighted by molar-refractivity contribution is 6.33. The Morgan fingerprint density at radius 2 is 1.78 bits per heavy atom. The lowest BCUT2D eigenvalue weighted by atomic mass is 10.2. The van der Waals surface area contributed by atoms with Crippen LogP contribution in [0.15, 0.2) is 42.5 Å². The zero-order valence-electron chi connectivity index (χ0n) is 15.9. The van der Waals surface area contributed by atoms with Crippen molar-refractivity contribution in [3.05, 3.63) is 57.6 Å². The molecule has 0 bridgehead atoms. The Balaban J connectivity index is 0.000000469. The lowest BCUT2D eigenvalue weighted by molar-refractivity contribution is -0.384. The van der Waals surface area contributed by atoms with Crippen LogP contribution in [0.1, 0.15) is 27.2 Å². The van der Waals surface area contributed by atoms with Crippen LogP contribution in [0.5, 0.6) is 0 Å². The number of nitriles is 1. The smallest absolute Gasteiger partial charge is 0.271 e. The number of nitro benzene ring substituents is 1. The molecule has 0 saturated heterocycles. The number of non-ortho nitro benzene ring substituents is 1. The van der Waals surface area contributed by atoms with Crippen molar-refractivity contribution in [2.75, 3.05) is 29.5 Å². The molecule has 0 aliphatic carbocycles. The molecule has 4 N–H and O–H groups in total. The molecular weight excluding hydrogens is 366 g/mol. The van der Waals surface area contributed by atoms with E-state index in [9.17, 15) is 10.1 Å². The van der Waals surface area contributed by atoms with Crippen molar-refractivity contribution in [1.82, 2.24) is 0 Å². The van der Waals surface area contributed by atoms with Gasteiger partial charge in [-0.3, -0.25) is 10.1 Å². The zero-order valence-corrected chi connectivity index (χ0v) is 16.6. The Kier molecular flexibility index (Phi) is 11.8. The van der Waals surface area contributed by atoms with E-state index in [2.05, 4.69) is 17.9 Å². The molecule has 27 heavy (non-hydrogen) atoms. The van der Waals surface area contributed by atoms with Crippen molar-refractivity contribution in [1.29, 1.82) is 5.26 Å². The van der Waals surface area contributed by atoms with Crippen LogP contribution in [0.2, 0.25) is 5.02 Å². The SMILES string of the molecule is CC.CCN(CCC#N)c1ccc(N)cc1.Nc1ccc([N+](=O)[O-])cc1Cl. The second kappa shape index (κ2) is 13.3. The van der Waals surface area contributed by atoms with Gasteiger partial charge in [-0.1, -0.05) is 25.4 Å². The van der Waals surface area contributed by atoms with Crippen molar-refractivity contribution in [3.8, 4) is 6.07 Å². The van der Waals surface area contributed by atoms with E-state index in [-0.39, 0.29) is 10.7 Å². The molecule has 146 valence electrons. The summed E-state index contributed by atoms with van der Waals surface area (Å²) in [7, 11) is 0. The topological polar surface area (TPSA) is 122 Å². The third-order valence-corrected chi connectivity index (χ3v) is 3.66. The number of nitro groups is 1. The molecule has 0 amide bonds. The van der Waals surface area contributed by atoms with E-state index in [4.69, 9.17) is 28.3 Å². The minimum Gasteiger partial charge on any atom is -0.399 e. The number of halogens is 1. The third kappa shape index (κ3) is 8.79. The average Bonchev–Trinajstić information content (AvgIpc) is 2.68. The van der Waals surface area contributed by atoms with E-state index in [1.165, 1.54) is 18.2 Å². The van der Waals surface area contributed by atoms with Crippen LogP contribution in [0.25, 0.3) is 0 Å². The van der Waals surface area contributed by atoms with Gasteiger partial charge in [-0.05, 0) is 37.3 Å². The number of hydrogen-bond acceptors (Lipinski definition) is 6. The molecule has 0 aliphatic rings. The fourth-order valence-electron chi connectivity index (χ4n) is 1.97. The Morgan fingerprint density at radius 1 is 1.19 bits per heavy atom. The van der Waals surface area contributed by atoms with Crippen LogP contribution in [0, 0.1) is 21.4 Å². The molecule has 0 fully saturated rings. The highest BCUT2D eigenvalue weighted by atomic mass is 35.5. The van der Waals surface area contributed by atoms with Gasteiger partial charge in [0.25, 0.3) is 5.69 Å². The first-order chi connectivity index (χ1) is 12.9. The van der Waals surface area contributed by atoms with Gasteiger partial charge in [-0.25, -0.2) is 0 Å². The van der Waals surface area contributed by atoms with Crippen LogP contribution in [-0.4, -0.2) is 18.0 Å². The summed E-state index contributed by atoms with van der Waals surface area (Å²) in [4.78, 5) is 11.8. The number of nitrogens with zero attached hydrogens (tertiary/aromatic N) is 3. The number of hydrogen-bond donors (Lipinski definition) is 2. The summed E-state index contributed by atoms with van der Waals surface area (Å²) in [5.74, 6) is 0. The molecule has 2 aromatic carbocycles. The second-order valence-corrected chi connectivity index (χ2v) is 5.45. The van der Waals surface area contributed by atoms with Gasteiger partial charge in [-0.2, -0.15) is 5.26 Å². The summed E-state index contributed by atoms with van der Waals surface area (Å²) in [6, 6.07) is 13.8. The minimum absolute atomic E-state index is 0.0517. The molecular formula is C19H26ClN5O2. The summed E-state index contributed by atoms with van der Waals surface area (Å²) in [5, 5.41) is 18.9. The summed E-state index contributed by atoms with van der Waals surface area (Å²) >= 11 is 5.53. The number of rotatable bonds is 5. The normalized spacial score (nSPS) is 9.00. The molecule has 2 aromatic rings. The van der Waals surface area contributed by atoms with E-state index in [0.717, 1.165) is 24.5 Å². The van der Waals surface area contributed by atoms with Gasteiger partial charge in [0.15, 0.2) is 0 Å². The average molecular weight is 392 g/mol. The standard InChI is InChI=1S/C11H15N3.C6H5ClN2O2.C2H6/c1-2-14(9-3-8-12)11-6-4-10(13)5-7-11;7-5-3-4(9(10)11)1-2-6(5)8;1-2/h4-7H,2-3,9,13H2,1H3;1-3H,8H2;1-2H3. The summed E-state index contributed by atoms with van der Waals surface area (Å²) in [6.45, 7) is 7.76. The molecule has 0 saturated carbocycles. The van der Waals surface area contributed by atoms with Crippen molar-refractivity contribution < 1.29 is 4.92 Å². The number of benzene rings is 2. The Labute approximate surface area is 165 Å². The molecule has 0 spiro atoms. The van der Waals surface area contributed by atoms with E-state index >= 15 is 0 Å². The van der Waals surface area contributed by atoms with Crippen LogP contribution in [-0.2, 0) is 0 Å². The van der Waals surface area contributed by atoms with Crippen molar-refractivity contribution >= 4 is 34.4 Å². The van der Waals surface area contributed by atoms with E-state index < -0.39 is 4.92 Å². The van der Waals surface area contributed by atoms with E-state index in [0.29, 0.717) is 12.1 Å². The molecule has 0 unspecified atom stereocenters. The fourth-order valence-corrected chi connectivity index (χ4v) is 2.14. The number of nitrogen functional groups attached to an aromatic ring is 2. The largest absolute Gasteiger partial charge is 0.399 e. The summed E-state index contributed by atoms with van der Waals surface area (Å²) in [5.41, 5.74) is 13.1. The Morgan fingerprint density at radius 3 is 2.22 bits per heavy atom. The maximum Gasteiger partial charge on any atom is 0.271 e. The highest BCUT2D eigenvalue weighted by Gasteiger charge is 2.06. The maximum absolute atomic E-state index is 10.2. The molecule has 0 aromatic heterocycles. The third-order valence-electron chi connectivity index (χ3n) is 3.33. The van der Waals surface area contributed by atoms with Gasteiger partial charge in [0, 0.05) is 36.6 Å². The Hall–Kier alpha value is -2.98. The molecule has 8 heteroatoms. The van der Waals surface area contributed by atoms with E-state index in [1.54, 1.807) is 0 Å². The zero-order chi connectivity index (χ0) is 20.8. The molecule has 0 radical (unpaired) electrons. The maximum atomic E-state index is 10.2. The van der Waals surface area contributed by atoms with Crippen LogP contribution < -0.4 is 16.4 Å². The summed E-state index contributed by atoms with van der Waals surface area (Å²) < 4.78 is 0. The first kappa shape index (κ1) is 24.0. The Bertz CT molecular complexity index is 745. The predicted molar refractivity (Wildman–Crippen MR) is 113 cm³/mol. The molecule has 0 aliphatic heterocycles. The van der Waals surface area contributed by atoms with Gasteiger partial charge in [-0.15, -0.1) is 0 Å². The second-order valence-electron chi connectivity index (χ2n) is 5.04. The van der Waals surface area contributed by atoms with Crippen molar-refractivity contribution in [3.63, 3.8) is 0 Å². The van der Waals surface area contributed by atoms with Gasteiger partial charge in [0.05, 0.1) is 28.1 Å². The van der Waals surface area contributed by atoms with Crippen LogP contribution >= 0.6 is 11.6 Å². The molecule has 0 heterocycles. The molecule has 2 rings (SSSR count). The van der Waals surface area contributed by atoms with Gasteiger partial charge in [0.1, 0.15) is 0 Å². The minimum atomic E-state index is -0.522. The van der Waals surface area contributed by atoms with Crippen LogP contribution in [0.4, 0.5) is 22.7 Å². The van der Waals surface area contributed by atoms with Gasteiger partial charge >= 0.3 is 0 Å². The quantitative estimate of drug-likeness (QED) is 0.426. The van der Waals surface area contributed by atoms with Gasteiger partial charge in [0.2, 0.25) is 0 Å².